The number of aliphatic hydroxyl groups is 2. The third-order valence-corrected chi connectivity index (χ3v) is 20.5. The van der Waals surface area contributed by atoms with Crippen molar-refractivity contribution in [3.63, 3.8) is 0 Å². The predicted octanol–water partition coefficient (Wildman–Crippen LogP) is 6.84. The first-order chi connectivity index (χ1) is 39.6. The van der Waals surface area contributed by atoms with E-state index in [1.54, 1.807) is 28.4 Å². The minimum Gasteiger partial charge on any atom is -0.507 e. The number of amides is 2. The van der Waals surface area contributed by atoms with E-state index in [2.05, 4.69) is 50.2 Å². The number of aliphatic hydroxyl groups excluding tert-OH is 1. The van der Waals surface area contributed by atoms with E-state index in [0.29, 0.717) is 65.6 Å². The van der Waals surface area contributed by atoms with Crippen molar-refractivity contribution in [2.24, 2.45) is 11.8 Å². The van der Waals surface area contributed by atoms with Crippen LogP contribution in [0.5, 0.6) is 5.75 Å². The molecule has 6 atom stereocenters. The van der Waals surface area contributed by atoms with E-state index in [0.717, 1.165) is 156 Å². The number of carbonyl (C=O) groups is 2. The zero-order chi connectivity index (χ0) is 56.8. The van der Waals surface area contributed by atoms with Gasteiger partial charge in [0.15, 0.2) is 17.4 Å². The minimum absolute atomic E-state index is 0.0880. The van der Waals surface area contributed by atoms with Crippen LogP contribution in [0.4, 0.5) is 17.3 Å². The number of carbonyl (C=O) groups excluding carboxylic acids is 2. The number of likely N-dealkylation sites (tertiary alicyclic amines) is 3. The highest BCUT2D eigenvalue weighted by molar-refractivity contribution is 7.13. The Morgan fingerprint density at radius 3 is 2.26 bits per heavy atom. The summed E-state index contributed by atoms with van der Waals surface area (Å²) in [4.78, 5) is 47.7. The van der Waals surface area contributed by atoms with Gasteiger partial charge in [-0.1, -0.05) is 55.4 Å². The number of aromatic hydroxyl groups is 1. The molecule has 19 nitrogen and oxygen atoms in total. The second-order valence-electron chi connectivity index (χ2n) is 25.4. The summed E-state index contributed by atoms with van der Waals surface area (Å²) < 4.78 is 12.7. The molecule has 6 saturated heterocycles. The molecular weight excluding hydrogens is 1060 g/mol. The Morgan fingerprint density at radius 1 is 0.854 bits per heavy atom. The molecule has 2 aromatic carbocycles. The molecule has 2 bridgehead atoms. The molecule has 20 heteroatoms. The molecule has 2 unspecified atom stereocenters. The average Bonchev–Trinajstić information content (AvgIpc) is 3.43. The van der Waals surface area contributed by atoms with Crippen LogP contribution in [0.3, 0.4) is 0 Å². The Kier molecular flexibility index (Phi) is 16.7. The average molecular weight is 1140 g/mol. The third-order valence-electron chi connectivity index (χ3n) is 19.5. The van der Waals surface area contributed by atoms with Gasteiger partial charge in [-0.05, 0) is 119 Å². The number of piperazine rings is 1. The van der Waals surface area contributed by atoms with E-state index in [1.165, 1.54) is 0 Å². The van der Waals surface area contributed by atoms with Crippen molar-refractivity contribution in [2.45, 2.75) is 158 Å². The predicted molar refractivity (Wildman–Crippen MR) is 316 cm³/mol. The topological polar surface area (TPSA) is 226 Å². The van der Waals surface area contributed by atoms with Crippen molar-refractivity contribution < 1.29 is 34.2 Å². The van der Waals surface area contributed by atoms with Gasteiger partial charge in [-0.15, -0.1) is 21.5 Å². The van der Waals surface area contributed by atoms with Crippen molar-refractivity contribution in [3.8, 4) is 27.4 Å². The van der Waals surface area contributed by atoms with Crippen LogP contribution in [-0.2, 0) is 14.3 Å². The van der Waals surface area contributed by atoms with Crippen LogP contribution in [0, 0.1) is 18.8 Å². The number of thiazole rings is 1. The Hall–Kier alpha value is -5.74. The van der Waals surface area contributed by atoms with Crippen molar-refractivity contribution in [2.75, 3.05) is 87.5 Å². The molecule has 6 aliphatic heterocycles. The highest BCUT2D eigenvalue weighted by atomic mass is 32.1. The van der Waals surface area contributed by atoms with Crippen LogP contribution in [-0.4, -0.2) is 187 Å². The van der Waals surface area contributed by atoms with Gasteiger partial charge in [0.2, 0.25) is 11.8 Å². The molecule has 3 aromatic heterocycles. The van der Waals surface area contributed by atoms with Gasteiger partial charge in [0, 0.05) is 108 Å². The summed E-state index contributed by atoms with van der Waals surface area (Å²) in [6.07, 6.45) is 10.2. The van der Waals surface area contributed by atoms with Crippen LogP contribution in [0.15, 0.2) is 70.7 Å². The van der Waals surface area contributed by atoms with Gasteiger partial charge in [-0.3, -0.25) is 19.4 Å². The van der Waals surface area contributed by atoms with Gasteiger partial charge in [-0.2, -0.15) is 0 Å². The van der Waals surface area contributed by atoms with Crippen molar-refractivity contribution >= 4 is 40.5 Å². The number of benzene rings is 2. The second-order valence-corrected chi connectivity index (χ2v) is 26.2. The van der Waals surface area contributed by atoms with Crippen LogP contribution in [0.1, 0.15) is 120 Å². The van der Waals surface area contributed by atoms with Crippen molar-refractivity contribution in [3.05, 3.63) is 83.2 Å². The number of nitrogens with one attached hydrogen (secondary N) is 1. The number of nitrogens with zero attached hydrogens (tertiary/aromatic N) is 10. The number of hydrogen-bond acceptors (Lipinski definition) is 18. The van der Waals surface area contributed by atoms with Crippen molar-refractivity contribution in [1.29, 1.82) is 0 Å². The molecule has 5 aromatic rings. The molecule has 2 amide bonds. The minimum atomic E-state index is -0.800. The van der Waals surface area contributed by atoms with Gasteiger partial charge >= 0.3 is 0 Å². The Morgan fingerprint density at radius 2 is 1.57 bits per heavy atom. The second kappa shape index (κ2) is 24.1. The SMILES string of the molecule is Cc1ncsc1-c1ccc([C@H](C)NC(=O)[C@@H]2C[C@@H](O)CN2C(=O)[C@@H](c2cc(N3CCC(CN4CCC(OC5CC(N6CCC(O)(CN7C8CCC7CN(c7cc(-c9ccccc9O)nnc7N)C8)CC6)C5)CC4)CC3)no2)C(C)C)cc1. The number of phenolic OH excluding ortho intramolecular Hbond substituents is 1. The molecule has 0 spiro atoms. The molecule has 9 heterocycles. The normalized spacial score (nSPS) is 26.5. The summed E-state index contributed by atoms with van der Waals surface area (Å²) in [5, 5.41) is 49.5. The Bertz CT molecular complexity index is 2990. The summed E-state index contributed by atoms with van der Waals surface area (Å²) in [6, 6.07) is 19.3. The molecule has 0 radical (unpaired) electrons. The summed E-state index contributed by atoms with van der Waals surface area (Å²) in [5.74, 6) is 1.12. The fourth-order valence-electron chi connectivity index (χ4n) is 14.6. The van der Waals surface area contributed by atoms with Gasteiger partial charge < -0.3 is 55.2 Å². The number of para-hydroxylation sites is 1. The Labute approximate surface area is 486 Å². The number of phenols is 1. The number of aromatic nitrogens is 4. The lowest BCUT2D eigenvalue weighted by Gasteiger charge is -2.50. The lowest BCUT2D eigenvalue weighted by atomic mass is 9.83. The highest BCUT2D eigenvalue weighted by Crippen LogP contribution is 2.41. The number of rotatable bonds is 17. The molecule has 440 valence electrons. The summed E-state index contributed by atoms with van der Waals surface area (Å²) >= 11 is 1.60. The molecule has 82 heavy (non-hydrogen) atoms. The number of piperidine rings is 3. The highest BCUT2D eigenvalue weighted by Gasteiger charge is 2.48. The number of aryl methyl sites for hydroxylation is 1. The molecule has 1 saturated carbocycles. The van der Waals surface area contributed by atoms with E-state index < -0.39 is 23.7 Å². The maximum Gasteiger partial charge on any atom is 0.243 e. The number of nitrogens with two attached hydrogens (primary N) is 1. The molecule has 12 rings (SSSR count). The largest absolute Gasteiger partial charge is 0.507 e. The lowest BCUT2D eigenvalue weighted by molar-refractivity contribution is -0.141. The van der Waals surface area contributed by atoms with E-state index in [4.69, 9.17) is 15.0 Å². The fraction of sp³-hybridized carbons (Fsp3) is 0.613. The molecule has 7 aliphatic rings. The first-order valence-corrected chi connectivity index (χ1v) is 31.3. The number of fused-ring (bicyclic) bond motifs is 2. The maximum atomic E-state index is 14.4. The van der Waals surface area contributed by atoms with Crippen LogP contribution in [0.2, 0.25) is 0 Å². The fourth-order valence-corrected chi connectivity index (χ4v) is 15.4. The summed E-state index contributed by atoms with van der Waals surface area (Å²) in [7, 11) is 0. The first kappa shape index (κ1) is 56.7. The number of anilines is 3. The van der Waals surface area contributed by atoms with Gasteiger partial charge in [0.25, 0.3) is 0 Å². The number of hydrogen-bond donors (Lipinski definition) is 5. The number of nitrogen functional groups attached to an aromatic ring is 1. The smallest absolute Gasteiger partial charge is 0.243 e. The Balaban J connectivity index is 0.546. The molecular formula is C62H84N12O7S. The van der Waals surface area contributed by atoms with E-state index in [1.807, 2.05) is 81.7 Å². The standard InChI is InChI=1S/C62H84N12O7S/c1-38(2)57(61(78)73-35-47(75)29-53(73)60(77)65-39(3)42-9-11-43(12-10-42)58-40(4)64-37-82-58)55-31-56(68-81-55)71-23-15-41(16-24-71)32-69-21-17-48(18-22-69)80-49-27-46(28-49)70-25-19-62(79,20-26-70)36-74-44-13-14-45(74)34-72(33-44)52-30-51(66-67-59(52)63)50-7-5-6-8-54(50)76/h5-12,30-31,37-39,41,44-49,53,57,75-76,79H,13-29,32-36H2,1-4H3,(H2,63,67)(H,65,77)/t39-,44?,45?,46?,47+,49?,53-,57+/m0/s1. The first-order valence-electron chi connectivity index (χ1n) is 30.4. The van der Waals surface area contributed by atoms with Crippen LogP contribution in [0.25, 0.3) is 21.7 Å². The van der Waals surface area contributed by atoms with E-state index in [9.17, 15) is 24.9 Å². The zero-order valence-corrected chi connectivity index (χ0v) is 49.0. The number of ether oxygens (including phenoxy) is 1. The van der Waals surface area contributed by atoms with Crippen LogP contribution < -0.4 is 20.9 Å². The monoisotopic (exact) mass is 1140 g/mol. The molecule has 6 N–H and O–H groups in total. The van der Waals surface area contributed by atoms with Gasteiger partial charge in [-0.25, -0.2) is 4.98 Å². The van der Waals surface area contributed by atoms with E-state index >= 15 is 0 Å². The van der Waals surface area contributed by atoms with Gasteiger partial charge in [0.05, 0.1) is 57.4 Å². The van der Waals surface area contributed by atoms with E-state index in [-0.39, 0.29) is 42.5 Å². The summed E-state index contributed by atoms with van der Waals surface area (Å²) in [5.41, 5.74) is 12.7. The third kappa shape index (κ3) is 12.1. The lowest BCUT2D eigenvalue weighted by Crippen LogP contribution is -2.61. The quantitative estimate of drug-likeness (QED) is 0.0643. The zero-order valence-electron chi connectivity index (χ0n) is 48.2. The number of β-amino-alcohol motifs (C(OH)–C–C–N with tert-alkyl or cyclic N) is 1. The molecule has 7 fully saturated rings. The maximum absolute atomic E-state index is 14.4. The van der Waals surface area contributed by atoms with Crippen LogP contribution >= 0.6 is 11.3 Å². The summed E-state index contributed by atoms with van der Waals surface area (Å²) in [6.45, 7) is 17.2. The van der Waals surface area contributed by atoms with Gasteiger partial charge in [0.1, 0.15) is 17.7 Å². The van der Waals surface area contributed by atoms with Crippen molar-refractivity contribution in [1.82, 2.24) is 45.3 Å². The molecule has 1 aliphatic carbocycles.